The number of hydrogen-bond acceptors (Lipinski definition) is 6. The molecule has 0 radical (unpaired) electrons. The minimum absolute atomic E-state index is 0.124. The van der Waals surface area contributed by atoms with E-state index < -0.39 is 10.8 Å². The first-order valence-electron chi connectivity index (χ1n) is 10.1. The number of aromatic nitrogens is 1. The zero-order valence-corrected chi connectivity index (χ0v) is 17.8. The van der Waals surface area contributed by atoms with Crippen molar-refractivity contribution >= 4 is 28.4 Å². The summed E-state index contributed by atoms with van der Waals surface area (Å²) in [5.74, 6) is 0.110. The minimum Gasteiger partial charge on any atom is -0.487 e. The van der Waals surface area contributed by atoms with Crippen LogP contribution in [0.4, 0.5) is 11.4 Å². The topological polar surface area (TPSA) is 108 Å². The number of fused-ring (bicyclic) bond motifs is 1. The number of carbonyl (C=O) groups excluding carboxylic acids is 1. The molecule has 0 atom stereocenters. The Labute approximate surface area is 184 Å². The molecule has 8 heteroatoms. The molecule has 32 heavy (non-hydrogen) atoms. The summed E-state index contributed by atoms with van der Waals surface area (Å²) in [6.07, 6.45) is 0. The molecular formula is C24H21N3O5. The molecule has 0 spiro atoms. The van der Waals surface area contributed by atoms with E-state index in [2.05, 4.69) is 10.3 Å². The summed E-state index contributed by atoms with van der Waals surface area (Å²) in [5, 5.41) is 14.2. The number of nitrogens with zero attached hydrogens (tertiary/aromatic N) is 2. The summed E-state index contributed by atoms with van der Waals surface area (Å²) in [6, 6.07) is 15.3. The van der Waals surface area contributed by atoms with Crippen LogP contribution in [0.3, 0.4) is 0 Å². The highest BCUT2D eigenvalue weighted by Gasteiger charge is 2.20. The first-order valence-corrected chi connectivity index (χ1v) is 10.1. The van der Waals surface area contributed by atoms with Gasteiger partial charge in [-0.15, -0.1) is 0 Å². The summed E-state index contributed by atoms with van der Waals surface area (Å²) < 4.78 is 11.2. The van der Waals surface area contributed by atoms with Gasteiger partial charge in [0.1, 0.15) is 5.52 Å². The Morgan fingerprint density at radius 3 is 2.72 bits per heavy atom. The quantitative estimate of drug-likeness (QED) is 0.311. The number of rotatable bonds is 6. The highest BCUT2D eigenvalue weighted by Crippen LogP contribution is 2.32. The predicted molar refractivity (Wildman–Crippen MR) is 121 cm³/mol. The van der Waals surface area contributed by atoms with E-state index in [9.17, 15) is 14.9 Å². The number of anilines is 1. The van der Waals surface area contributed by atoms with Crippen LogP contribution in [0.1, 0.15) is 28.4 Å². The van der Waals surface area contributed by atoms with Crippen molar-refractivity contribution in [3.63, 3.8) is 0 Å². The predicted octanol–water partition coefficient (Wildman–Crippen LogP) is 5.67. The van der Waals surface area contributed by atoms with Crippen LogP contribution in [-0.2, 0) is 0 Å². The van der Waals surface area contributed by atoms with Gasteiger partial charge in [0.05, 0.1) is 11.5 Å². The smallest absolute Gasteiger partial charge is 0.311 e. The molecule has 1 aromatic heterocycles. The summed E-state index contributed by atoms with van der Waals surface area (Å²) >= 11 is 0. The molecule has 0 aliphatic rings. The Balaban J connectivity index is 1.64. The van der Waals surface area contributed by atoms with Gasteiger partial charge in [-0.2, -0.15) is 0 Å². The van der Waals surface area contributed by atoms with Crippen LogP contribution in [0.2, 0.25) is 0 Å². The molecule has 0 fully saturated rings. The lowest BCUT2D eigenvalue weighted by molar-refractivity contribution is -0.385. The molecule has 4 rings (SSSR count). The molecule has 4 aromatic rings. The standard InChI is InChI=1S/C24H21N3O5/c1-4-31-22-11-9-16(13-20(22)27(29)30)23(28)25-18-7-5-6-17(15(18)3)24-26-19-12-14(2)8-10-21(19)32-24/h5-13H,4H2,1-3H3,(H,25,28). The monoisotopic (exact) mass is 431 g/mol. The second kappa shape index (κ2) is 8.50. The third kappa shape index (κ3) is 4.02. The largest absolute Gasteiger partial charge is 0.487 e. The van der Waals surface area contributed by atoms with Crippen molar-refractivity contribution in [3.8, 4) is 17.2 Å². The lowest BCUT2D eigenvalue weighted by Gasteiger charge is -2.11. The van der Waals surface area contributed by atoms with Crippen molar-refractivity contribution < 1.29 is 18.9 Å². The maximum atomic E-state index is 12.8. The SMILES string of the molecule is CCOc1ccc(C(=O)Nc2cccc(-c3nc4cc(C)ccc4o3)c2C)cc1[N+](=O)[O-]. The van der Waals surface area contributed by atoms with E-state index >= 15 is 0 Å². The first kappa shape index (κ1) is 21.0. The summed E-state index contributed by atoms with van der Waals surface area (Å²) in [4.78, 5) is 28.2. The molecule has 0 bridgehead atoms. The summed E-state index contributed by atoms with van der Waals surface area (Å²) in [7, 11) is 0. The van der Waals surface area contributed by atoms with Crippen LogP contribution >= 0.6 is 0 Å². The Morgan fingerprint density at radius 1 is 1.16 bits per heavy atom. The molecular weight excluding hydrogens is 410 g/mol. The fourth-order valence-electron chi connectivity index (χ4n) is 3.43. The number of amides is 1. The maximum absolute atomic E-state index is 12.8. The maximum Gasteiger partial charge on any atom is 0.311 e. The second-order valence-electron chi connectivity index (χ2n) is 7.30. The zero-order chi connectivity index (χ0) is 22.8. The van der Waals surface area contributed by atoms with Crippen LogP contribution in [0.15, 0.2) is 59.0 Å². The number of carbonyl (C=O) groups is 1. The van der Waals surface area contributed by atoms with E-state index in [-0.39, 0.29) is 23.6 Å². The fraction of sp³-hybridized carbons (Fsp3) is 0.167. The number of aryl methyl sites for hydroxylation is 1. The van der Waals surface area contributed by atoms with E-state index in [0.717, 1.165) is 22.2 Å². The Bertz CT molecular complexity index is 1340. The third-order valence-electron chi connectivity index (χ3n) is 5.07. The molecule has 162 valence electrons. The van der Waals surface area contributed by atoms with Gasteiger partial charge in [0, 0.05) is 22.9 Å². The molecule has 0 unspecified atom stereocenters. The lowest BCUT2D eigenvalue weighted by Crippen LogP contribution is -2.13. The molecule has 0 aliphatic heterocycles. The zero-order valence-electron chi connectivity index (χ0n) is 17.8. The van der Waals surface area contributed by atoms with E-state index in [1.165, 1.54) is 18.2 Å². The van der Waals surface area contributed by atoms with Gasteiger partial charge in [-0.1, -0.05) is 12.1 Å². The first-order chi connectivity index (χ1) is 15.4. The molecule has 1 heterocycles. The molecule has 1 amide bonds. The number of ether oxygens (including phenoxy) is 1. The number of nitro groups is 1. The Morgan fingerprint density at radius 2 is 1.97 bits per heavy atom. The van der Waals surface area contributed by atoms with Crippen molar-refractivity contribution in [2.24, 2.45) is 0 Å². The highest BCUT2D eigenvalue weighted by atomic mass is 16.6. The average Bonchev–Trinajstić information content (AvgIpc) is 3.18. The van der Waals surface area contributed by atoms with Gasteiger partial charge in [0.25, 0.3) is 5.91 Å². The molecule has 0 saturated heterocycles. The highest BCUT2D eigenvalue weighted by molar-refractivity contribution is 6.05. The second-order valence-corrected chi connectivity index (χ2v) is 7.30. The van der Waals surface area contributed by atoms with Crippen LogP contribution in [0.25, 0.3) is 22.6 Å². The molecule has 8 nitrogen and oxygen atoms in total. The molecule has 1 N–H and O–H groups in total. The van der Waals surface area contributed by atoms with Crippen molar-refractivity contribution in [1.82, 2.24) is 4.98 Å². The number of benzene rings is 3. The van der Waals surface area contributed by atoms with Gasteiger partial charge in [-0.05, 0) is 68.3 Å². The number of oxazole rings is 1. The molecule has 0 aliphatic carbocycles. The minimum atomic E-state index is -0.567. The van der Waals surface area contributed by atoms with Crippen molar-refractivity contribution in [3.05, 3.63) is 81.4 Å². The summed E-state index contributed by atoms with van der Waals surface area (Å²) in [6.45, 7) is 5.86. The summed E-state index contributed by atoms with van der Waals surface area (Å²) in [5.41, 5.74) is 4.49. The molecule has 3 aromatic carbocycles. The van der Waals surface area contributed by atoms with E-state index in [1.54, 1.807) is 19.1 Å². The van der Waals surface area contributed by atoms with Gasteiger partial charge >= 0.3 is 5.69 Å². The van der Waals surface area contributed by atoms with Gasteiger partial charge < -0.3 is 14.5 Å². The normalized spacial score (nSPS) is 10.8. The van der Waals surface area contributed by atoms with Crippen molar-refractivity contribution in [1.29, 1.82) is 0 Å². The van der Waals surface area contributed by atoms with E-state index in [1.807, 2.05) is 38.1 Å². The van der Waals surface area contributed by atoms with Crippen LogP contribution in [0, 0.1) is 24.0 Å². The lowest BCUT2D eigenvalue weighted by atomic mass is 10.1. The third-order valence-corrected chi connectivity index (χ3v) is 5.07. The van der Waals surface area contributed by atoms with Crippen LogP contribution in [-0.4, -0.2) is 22.4 Å². The van der Waals surface area contributed by atoms with Crippen molar-refractivity contribution in [2.45, 2.75) is 20.8 Å². The Hall–Kier alpha value is -4.20. The Kier molecular flexibility index (Phi) is 5.59. The van der Waals surface area contributed by atoms with Gasteiger partial charge in [-0.3, -0.25) is 14.9 Å². The average molecular weight is 431 g/mol. The number of nitro benzene ring substituents is 1. The fourth-order valence-corrected chi connectivity index (χ4v) is 3.43. The number of nitrogens with one attached hydrogen (secondary N) is 1. The van der Waals surface area contributed by atoms with E-state index in [0.29, 0.717) is 17.2 Å². The van der Waals surface area contributed by atoms with Crippen LogP contribution in [0.5, 0.6) is 5.75 Å². The van der Waals surface area contributed by atoms with Crippen molar-refractivity contribution in [2.75, 3.05) is 11.9 Å². The van der Waals surface area contributed by atoms with Gasteiger partial charge in [-0.25, -0.2) is 4.98 Å². The number of hydrogen-bond donors (Lipinski definition) is 1. The molecule has 0 saturated carbocycles. The van der Waals surface area contributed by atoms with Gasteiger partial charge in [0.2, 0.25) is 5.89 Å². The van der Waals surface area contributed by atoms with Crippen LogP contribution < -0.4 is 10.1 Å². The van der Waals surface area contributed by atoms with Gasteiger partial charge in [0.15, 0.2) is 11.3 Å². The van der Waals surface area contributed by atoms with E-state index in [4.69, 9.17) is 9.15 Å².